The number of fused-ring (bicyclic) bond motifs is 1. The van der Waals surface area contributed by atoms with Crippen LogP contribution in [-0.4, -0.2) is 24.4 Å². The van der Waals surface area contributed by atoms with E-state index < -0.39 is 6.10 Å². The van der Waals surface area contributed by atoms with Crippen LogP contribution in [0.5, 0.6) is 5.75 Å². The third-order valence-corrected chi connectivity index (χ3v) is 4.14. The molecule has 2 unspecified atom stereocenters. The Balaban J connectivity index is 1.70. The van der Waals surface area contributed by atoms with E-state index in [1.807, 2.05) is 12.1 Å². The molecule has 0 aliphatic carbocycles. The van der Waals surface area contributed by atoms with Crippen molar-refractivity contribution in [2.45, 2.75) is 44.3 Å². The van der Waals surface area contributed by atoms with E-state index in [0.717, 1.165) is 49.2 Å². The zero-order valence-corrected chi connectivity index (χ0v) is 11.7. The summed E-state index contributed by atoms with van der Waals surface area (Å²) in [4.78, 5) is 0. The average molecular weight is 283 g/mol. The Morgan fingerprint density at radius 1 is 1.37 bits per heavy atom. The summed E-state index contributed by atoms with van der Waals surface area (Å²) in [5, 5.41) is 11.1. The third kappa shape index (κ3) is 2.88. The van der Waals surface area contributed by atoms with E-state index in [2.05, 4.69) is 0 Å². The maximum absolute atomic E-state index is 10.4. The fourth-order valence-electron chi connectivity index (χ4n) is 2.92. The average Bonchev–Trinajstić information content (AvgIpc) is 3.05. The number of hydrogen-bond acceptors (Lipinski definition) is 3. The van der Waals surface area contributed by atoms with Crippen LogP contribution in [0.4, 0.5) is 0 Å². The van der Waals surface area contributed by atoms with Crippen molar-refractivity contribution in [1.29, 1.82) is 0 Å². The highest BCUT2D eigenvalue weighted by Gasteiger charge is 2.24. The van der Waals surface area contributed by atoms with E-state index in [1.165, 1.54) is 0 Å². The molecule has 4 heteroatoms. The van der Waals surface area contributed by atoms with Gasteiger partial charge in [-0.15, -0.1) is 0 Å². The fraction of sp³-hybridized carbons (Fsp3) is 0.600. The Bertz CT molecular complexity index is 455. The highest BCUT2D eigenvalue weighted by atomic mass is 35.5. The van der Waals surface area contributed by atoms with E-state index >= 15 is 0 Å². The minimum absolute atomic E-state index is 0.308. The molecule has 1 N–H and O–H groups in total. The molecule has 0 spiro atoms. The molecular formula is C15H19ClO3. The van der Waals surface area contributed by atoms with E-state index in [1.54, 1.807) is 0 Å². The molecule has 2 heterocycles. The molecular weight excluding hydrogens is 264 g/mol. The standard InChI is InChI=1S/C15H19ClO3/c16-11-8-10-5-7-19-15(10)13(9-11)14(17)4-3-12-2-1-6-18-12/h8-9,12,14,17H,1-7H2. The van der Waals surface area contributed by atoms with Crippen molar-refractivity contribution >= 4 is 11.6 Å². The first-order valence-electron chi connectivity index (χ1n) is 6.99. The number of benzene rings is 1. The van der Waals surface area contributed by atoms with Gasteiger partial charge >= 0.3 is 0 Å². The van der Waals surface area contributed by atoms with Crippen molar-refractivity contribution < 1.29 is 14.6 Å². The topological polar surface area (TPSA) is 38.7 Å². The zero-order valence-electron chi connectivity index (χ0n) is 10.9. The normalized spacial score (nSPS) is 23.2. The lowest BCUT2D eigenvalue weighted by molar-refractivity contribution is 0.0805. The molecule has 2 aliphatic rings. The van der Waals surface area contributed by atoms with E-state index in [0.29, 0.717) is 24.2 Å². The van der Waals surface area contributed by atoms with Gasteiger partial charge < -0.3 is 14.6 Å². The summed E-state index contributed by atoms with van der Waals surface area (Å²) in [5.74, 6) is 0.837. The van der Waals surface area contributed by atoms with E-state index in [4.69, 9.17) is 21.1 Å². The zero-order chi connectivity index (χ0) is 13.2. The lowest BCUT2D eigenvalue weighted by atomic mass is 9.98. The summed E-state index contributed by atoms with van der Waals surface area (Å²) in [5.41, 5.74) is 1.94. The summed E-state index contributed by atoms with van der Waals surface area (Å²) in [6, 6.07) is 3.76. The molecule has 0 amide bonds. The summed E-state index contributed by atoms with van der Waals surface area (Å²) in [6.45, 7) is 1.54. The van der Waals surface area contributed by atoms with Gasteiger partial charge in [0.25, 0.3) is 0 Å². The lowest BCUT2D eigenvalue weighted by Crippen LogP contribution is -2.08. The Hall–Kier alpha value is -0.770. The molecule has 0 bridgehead atoms. The second-order valence-corrected chi connectivity index (χ2v) is 5.75. The molecule has 2 aliphatic heterocycles. The Morgan fingerprint density at radius 3 is 3.05 bits per heavy atom. The van der Waals surface area contributed by atoms with Crippen LogP contribution in [0.3, 0.4) is 0 Å². The number of ether oxygens (including phenoxy) is 2. The van der Waals surface area contributed by atoms with E-state index in [9.17, 15) is 5.11 Å². The Morgan fingerprint density at radius 2 is 2.26 bits per heavy atom. The van der Waals surface area contributed by atoms with Gasteiger partial charge in [0.15, 0.2) is 0 Å². The summed E-state index contributed by atoms with van der Waals surface area (Å²) < 4.78 is 11.2. The molecule has 1 aromatic rings. The molecule has 0 radical (unpaired) electrons. The molecule has 1 saturated heterocycles. The highest BCUT2D eigenvalue weighted by molar-refractivity contribution is 6.30. The van der Waals surface area contributed by atoms with Crippen LogP contribution in [0.25, 0.3) is 0 Å². The fourth-order valence-corrected chi connectivity index (χ4v) is 3.17. The van der Waals surface area contributed by atoms with Gasteiger partial charge in [0.2, 0.25) is 0 Å². The third-order valence-electron chi connectivity index (χ3n) is 3.92. The first kappa shape index (κ1) is 13.2. The second-order valence-electron chi connectivity index (χ2n) is 5.31. The van der Waals surface area contributed by atoms with E-state index in [-0.39, 0.29) is 0 Å². The van der Waals surface area contributed by atoms with Crippen LogP contribution in [0.15, 0.2) is 12.1 Å². The lowest BCUT2D eigenvalue weighted by Gasteiger charge is -2.17. The molecule has 19 heavy (non-hydrogen) atoms. The van der Waals surface area contributed by atoms with Gasteiger partial charge in [-0.1, -0.05) is 11.6 Å². The number of aliphatic hydroxyl groups is 1. The van der Waals surface area contributed by atoms with Gasteiger partial charge in [0.05, 0.1) is 18.8 Å². The van der Waals surface area contributed by atoms with Crippen LogP contribution >= 0.6 is 11.6 Å². The van der Waals surface area contributed by atoms with Crippen LogP contribution in [0.2, 0.25) is 5.02 Å². The van der Waals surface area contributed by atoms with Gasteiger partial charge in [0, 0.05) is 23.6 Å². The van der Waals surface area contributed by atoms with Crippen molar-refractivity contribution in [2.75, 3.05) is 13.2 Å². The minimum atomic E-state index is -0.519. The van der Waals surface area contributed by atoms with Gasteiger partial charge in [0.1, 0.15) is 5.75 Å². The molecule has 0 saturated carbocycles. The van der Waals surface area contributed by atoms with Crippen molar-refractivity contribution in [3.05, 3.63) is 28.3 Å². The maximum atomic E-state index is 10.4. The molecule has 2 atom stereocenters. The van der Waals surface area contributed by atoms with Crippen LogP contribution in [-0.2, 0) is 11.2 Å². The molecule has 3 rings (SSSR count). The largest absolute Gasteiger partial charge is 0.493 e. The molecule has 1 fully saturated rings. The van der Waals surface area contributed by atoms with Crippen LogP contribution < -0.4 is 4.74 Å². The van der Waals surface area contributed by atoms with Crippen molar-refractivity contribution in [3.63, 3.8) is 0 Å². The first-order chi connectivity index (χ1) is 9.24. The van der Waals surface area contributed by atoms with Crippen LogP contribution in [0, 0.1) is 0 Å². The summed E-state index contributed by atoms with van der Waals surface area (Å²) in [7, 11) is 0. The SMILES string of the molecule is OC(CCC1CCCO1)c1cc(Cl)cc2c1OCC2. The first-order valence-corrected chi connectivity index (χ1v) is 7.36. The number of aliphatic hydroxyl groups excluding tert-OH is 1. The van der Waals surface area contributed by atoms with Crippen molar-refractivity contribution in [3.8, 4) is 5.75 Å². The Kier molecular flexibility index (Phi) is 3.96. The van der Waals surface area contributed by atoms with Gasteiger partial charge in [-0.2, -0.15) is 0 Å². The quantitative estimate of drug-likeness (QED) is 0.921. The van der Waals surface area contributed by atoms with Gasteiger partial charge in [-0.25, -0.2) is 0 Å². The minimum Gasteiger partial charge on any atom is -0.493 e. The second kappa shape index (κ2) is 5.70. The van der Waals surface area contributed by atoms with Gasteiger partial charge in [-0.3, -0.25) is 0 Å². The molecule has 0 aromatic heterocycles. The van der Waals surface area contributed by atoms with Crippen molar-refractivity contribution in [2.24, 2.45) is 0 Å². The molecule has 3 nitrogen and oxygen atoms in total. The Labute approximate surface area is 118 Å². The van der Waals surface area contributed by atoms with Gasteiger partial charge in [-0.05, 0) is 43.4 Å². The van der Waals surface area contributed by atoms with Crippen molar-refractivity contribution in [1.82, 2.24) is 0 Å². The monoisotopic (exact) mass is 282 g/mol. The maximum Gasteiger partial charge on any atom is 0.128 e. The highest BCUT2D eigenvalue weighted by Crippen LogP contribution is 2.38. The summed E-state index contributed by atoms with van der Waals surface area (Å²) in [6.07, 6.45) is 4.50. The number of rotatable bonds is 4. The van der Waals surface area contributed by atoms with Crippen LogP contribution in [0.1, 0.15) is 42.9 Å². The predicted molar refractivity (Wildman–Crippen MR) is 73.8 cm³/mol. The molecule has 1 aromatic carbocycles. The molecule has 104 valence electrons. The predicted octanol–water partition coefficient (Wildman–Crippen LogP) is 3.27. The smallest absolute Gasteiger partial charge is 0.128 e. The number of hydrogen-bond donors (Lipinski definition) is 1. The number of halogens is 1. The summed E-state index contributed by atoms with van der Waals surface area (Å²) >= 11 is 6.11.